The molecular weight excluding hydrogens is 532 g/mol. The lowest BCUT2D eigenvalue weighted by Gasteiger charge is -2.16. The van der Waals surface area contributed by atoms with Crippen LogP contribution in [0.4, 0.5) is 0 Å². The van der Waals surface area contributed by atoms with Crippen LogP contribution in [-0.2, 0) is 32.1 Å². The summed E-state index contributed by atoms with van der Waals surface area (Å²) in [5.41, 5.74) is 1.19. The van der Waals surface area contributed by atoms with Crippen molar-refractivity contribution in [3.05, 3.63) is 34.4 Å². The maximum Gasteiger partial charge on any atom is 0.306 e. The smallest absolute Gasteiger partial charge is 0.306 e. The van der Waals surface area contributed by atoms with Crippen molar-refractivity contribution in [2.45, 2.75) is 149 Å². The number of epoxide rings is 1. The second-order valence-electron chi connectivity index (χ2n) is 12.2. The number of allylic oxidation sites excluding steroid dienone is 2. The number of methoxy groups -OCH3 is 1. The molecule has 0 spiro atoms. The number of aldehydes is 1. The van der Waals surface area contributed by atoms with E-state index in [9.17, 15) is 19.5 Å². The Morgan fingerprint density at radius 3 is 2.07 bits per heavy atom. The molecule has 7 nitrogen and oxygen atoms in total. The number of unbranched alkanes of at least 4 members (excludes halogenated alkanes) is 12. The lowest BCUT2D eigenvalue weighted by atomic mass is 9.93. The van der Waals surface area contributed by atoms with Gasteiger partial charge < -0.3 is 19.3 Å². The van der Waals surface area contributed by atoms with Crippen LogP contribution < -0.4 is 4.74 Å². The van der Waals surface area contributed by atoms with Crippen molar-refractivity contribution >= 4 is 18.0 Å². The minimum Gasteiger partial charge on any atom is -0.507 e. The largest absolute Gasteiger partial charge is 0.507 e. The molecule has 1 heterocycles. The molecule has 0 radical (unpaired) electrons. The average molecular weight is 587 g/mol. The summed E-state index contributed by atoms with van der Waals surface area (Å²) in [4.78, 5) is 36.5. The van der Waals surface area contributed by atoms with Crippen molar-refractivity contribution in [1.82, 2.24) is 0 Å². The molecule has 0 unspecified atom stereocenters. The van der Waals surface area contributed by atoms with Crippen LogP contribution in [0.15, 0.2) is 17.7 Å². The SMILES string of the molecule is CCCCCCCCCCCCCCCC(=O)OCc1cc(OC)c(C[C@H]2O[C@]2(C)CC(=O)C=C(C)C)c(O)c1C=O. The predicted octanol–water partition coefficient (Wildman–Crippen LogP) is 8.36. The number of hydrogen-bond acceptors (Lipinski definition) is 7. The van der Waals surface area contributed by atoms with Crippen LogP contribution >= 0.6 is 0 Å². The van der Waals surface area contributed by atoms with Gasteiger partial charge in [-0.25, -0.2) is 0 Å². The van der Waals surface area contributed by atoms with Gasteiger partial charge in [0.2, 0.25) is 0 Å². The second-order valence-corrected chi connectivity index (χ2v) is 12.2. The van der Waals surface area contributed by atoms with Gasteiger partial charge in [0.1, 0.15) is 18.1 Å². The van der Waals surface area contributed by atoms with E-state index in [0.717, 1.165) is 24.8 Å². The number of carbonyl (C=O) groups is 3. The summed E-state index contributed by atoms with van der Waals surface area (Å²) in [6.07, 6.45) is 18.8. The summed E-state index contributed by atoms with van der Waals surface area (Å²) in [7, 11) is 1.48. The highest BCUT2D eigenvalue weighted by Gasteiger charge is 2.53. The maximum absolute atomic E-state index is 12.4. The average Bonchev–Trinajstić information content (AvgIpc) is 3.58. The molecule has 0 saturated carbocycles. The quantitative estimate of drug-likeness (QED) is 0.0452. The van der Waals surface area contributed by atoms with Crippen LogP contribution in [0.3, 0.4) is 0 Å². The third kappa shape index (κ3) is 12.3. The Hall–Kier alpha value is -2.67. The van der Waals surface area contributed by atoms with Crippen LogP contribution in [0, 0.1) is 0 Å². The van der Waals surface area contributed by atoms with Crippen LogP contribution in [0.25, 0.3) is 0 Å². The minimum atomic E-state index is -0.635. The van der Waals surface area contributed by atoms with Gasteiger partial charge in [-0.05, 0) is 39.3 Å². The van der Waals surface area contributed by atoms with Gasteiger partial charge in [0.15, 0.2) is 12.1 Å². The van der Waals surface area contributed by atoms with Crippen molar-refractivity contribution in [1.29, 1.82) is 0 Å². The molecule has 1 aromatic rings. The van der Waals surface area contributed by atoms with Crippen LogP contribution in [-0.4, -0.2) is 42.0 Å². The van der Waals surface area contributed by atoms with E-state index in [1.807, 2.05) is 20.8 Å². The first-order valence-electron chi connectivity index (χ1n) is 16.0. The third-order valence-electron chi connectivity index (χ3n) is 8.10. The Kier molecular flexibility index (Phi) is 15.9. The minimum absolute atomic E-state index is 0.0132. The van der Waals surface area contributed by atoms with Crippen molar-refractivity contribution in [2.24, 2.45) is 0 Å². The van der Waals surface area contributed by atoms with Crippen molar-refractivity contribution < 1.29 is 33.7 Å². The van der Waals surface area contributed by atoms with Crippen molar-refractivity contribution in [2.75, 3.05) is 7.11 Å². The monoisotopic (exact) mass is 586 g/mol. The standard InChI is InChI=1S/C35H54O7/c1-6-7-8-9-10-11-12-13-14-15-16-17-18-19-33(38)41-25-27-21-31(40-5)29(34(39)30(27)24-36)22-32-35(4,42-32)23-28(37)20-26(2)3/h20-21,24,32,39H,6-19,22-23,25H2,1-5H3/t32-,35-/m1/s1. The fraction of sp³-hybridized carbons (Fsp3) is 0.686. The molecule has 1 fully saturated rings. The van der Waals surface area contributed by atoms with Crippen molar-refractivity contribution in [3.8, 4) is 11.5 Å². The lowest BCUT2D eigenvalue weighted by molar-refractivity contribution is -0.145. The first kappa shape index (κ1) is 35.5. The molecule has 0 aromatic heterocycles. The third-order valence-corrected chi connectivity index (χ3v) is 8.10. The molecule has 0 bridgehead atoms. The normalized spacial score (nSPS) is 17.5. The molecule has 1 saturated heterocycles. The number of benzene rings is 1. The van der Waals surface area contributed by atoms with Crippen LogP contribution in [0.5, 0.6) is 11.5 Å². The van der Waals surface area contributed by atoms with E-state index in [1.165, 1.54) is 71.3 Å². The summed E-state index contributed by atoms with van der Waals surface area (Å²) in [6, 6.07) is 1.63. The van der Waals surface area contributed by atoms with Gasteiger partial charge >= 0.3 is 5.97 Å². The zero-order valence-electron chi connectivity index (χ0n) is 26.7. The van der Waals surface area contributed by atoms with E-state index in [2.05, 4.69) is 6.92 Å². The number of phenolic OH excluding ortho intramolecular Hbond substituents is 1. The summed E-state index contributed by atoms with van der Waals surface area (Å²) >= 11 is 0. The summed E-state index contributed by atoms with van der Waals surface area (Å²) < 4.78 is 16.8. The maximum atomic E-state index is 12.4. The fourth-order valence-electron chi connectivity index (χ4n) is 5.51. The first-order chi connectivity index (χ1) is 20.1. The summed E-state index contributed by atoms with van der Waals surface area (Å²) in [5.74, 6) is -0.157. The number of ether oxygens (including phenoxy) is 3. The molecule has 2 atom stereocenters. The van der Waals surface area contributed by atoms with Gasteiger partial charge in [-0.1, -0.05) is 89.5 Å². The molecule has 236 valence electrons. The van der Waals surface area contributed by atoms with Crippen molar-refractivity contribution in [3.63, 3.8) is 0 Å². The molecule has 1 aliphatic heterocycles. The van der Waals surface area contributed by atoms with Gasteiger partial charge in [-0.3, -0.25) is 14.4 Å². The van der Waals surface area contributed by atoms with E-state index in [-0.39, 0.29) is 48.6 Å². The van der Waals surface area contributed by atoms with E-state index in [4.69, 9.17) is 14.2 Å². The summed E-state index contributed by atoms with van der Waals surface area (Å²) in [6.45, 7) is 7.73. The highest BCUT2D eigenvalue weighted by molar-refractivity contribution is 5.91. The predicted molar refractivity (Wildman–Crippen MR) is 166 cm³/mol. The highest BCUT2D eigenvalue weighted by atomic mass is 16.6. The number of esters is 1. The Morgan fingerprint density at radius 1 is 0.976 bits per heavy atom. The lowest BCUT2D eigenvalue weighted by Crippen LogP contribution is -2.17. The van der Waals surface area contributed by atoms with E-state index in [0.29, 0.717) is 29.6 Å². The molecule has 0 amide bonds. The van der Waals surface area contributed by atoms with Gasteiger partial charge in [-0.2, -0.15) is 0 Å². The number of rotatable bonds is 23. The molecule has 1 aliphatic rings. The molecule has 2 rings (SSSR count). The van der Waals surface area contributed by atoms with E-state index in [1.54, 1.807) is 12.1 Å². The van der Waals surface area contributed by atoms with Gasteiger partial charge in [0.05, 0.1) is 24.4 Å². The van der Waals surface area contributed by atoms with E-state index < -0.39 is 5.60 Å². The Balaban J connectivity index is 1.75. The van der Waals surface area contributed by atoms with Gasteiger partial charge in [0.25, 0.3) is 0 Å². The molecule has 0 aliphatic carbocycles. The fourth-order valence-corrected chi connectivity index (χ4v) is 5.51. The number of hydrogen-bond donors (Lipinski definition) is 1. The topological polar surface area (TPSA) is 102 Å². The van der Waals surface area contributed by atoms with Gasteiger partial charge in [0, 0.05) is 30.4 Å². The van der Waals surface area contributed by atoms with E-state index >= 15 is 0 Å². The number of aromatic hydroxyl groups is 1. The molecule has 1 N–H and O–H groups in total. The zero-order chi connectivity index (χ0) is 31.0. The summed E-state index contributed by atoms with van der Waals surface area (Å²) in [5, 5.41) is 10.9. The number of carbonyl (C=O) groups excluding carboxylic acids is 3. The van der Waals surface area contributed by atoms with Crippen LogP contribution in [0.2, 0.25) is 0 Å². The van der Waals surface area contributed by atoms with Crippen LogP contribution in [0.1, 0.15) is 145 Å². The highest BCUT2D eigenvalue weighted by Crippen LogP contribution is 2.45. The molecule has 7 heteroatoms. The Morgan fingerprint density at radius 2 is 1.55 bits per heavy atom. The van der Waals surface area contributed by atoms with Gasteiger partial charge in [-0.15, -0.1) is 0 Å². The second kappa shape index (κ2) is 18.8. The Bertz CT molecular complexity index is 1040. The molecule has 1 aromatic carbocycles. The number of ketones is 1. The molecule has 42 heavy (non-hydrogen) atoms. The Labute approximate surface area is 253 Å². The zero-order valence-corrected chi connectivity index (χ0v) is 26.7. The first-order valence-corrected chi connectivity index (χ1v) is 16.0. The number of phenols is 1. The molecular formula is C35H54O7.